The Hall–Kier alpha value is -1.10. The molecule has 0 aliphatic rings. The van der Waals surface area contributed by atoms with Gasteiger partial charge in [0, 0.05) is 17.6 Å². The molecule has 1 N–H and O–H groups in total. The normalized spacial score (nSPS) is 9.50. The summed E-state index contributed by atoms with van der Waals surface area (Å²) in [6, 6.07) is 4.83. The number of nitro benzene ring substituents is 1. The molecule has 0 aromatic heterocycles. The third-order valence-corrected chi connectivity index (χ3v) is 2.10. The zero-order chi connectivity index (χ0) is 9.14. The number of halogens is 1. The van der Waals surface area contributed by atoms with Crippen molar-refractivity contribution in [2.45, 2.75) is 0 Å². The first kappa shape index (κ1) is 8.99. The Labute approximate surface area is 77.9 Å². The van der Waals surface area contributed by atoms with Crippen molar-refractivity contribution in [3.8, 4) is 0 Å². The number of hydrogen-bond acceptors (Lipinski definition) is 3. The fourth-order valence-corrected chi connectivity index (χ4v) is 1.47. The number of nitrogens with one attached hydrogen (secondary N) is 1. The SMILES string of the molecule is CNc1c(Br)cccc1[N+](=O)[O-]. The molecule has 0 unspecified atom stereocenters. The predicted molar refractivity (Wildman–Crippen MR) is 50.3 cm³/mol. The van der Waals surface area contributed by atoms with E-state index in [1.807, 2.05) is 0 Å². The average Bonchev–Trinajstić information content (AvgIpc) is 2.03. The van der Waals surface area contributed by atoms with E-state index >= 15 is 0 Å². The van der Waals surface area contributed by atoms with Gasteiger partial charge in [0.05, 0.1) is 4.92 Å². The standard InChI is InChI=1S/C7H7BrN2O2/c1-9-7-5(8)3-2-4-6(7)10(11)12/h2-4,9H,1H3. The van der Waals surface area contributed by atoms with Crippen LogP contribution in [0.25, 0.3) is 0 Å². The Bertz CT molecular complexity index is 314. The van der Waals surface area contributed by atoms with Crippen LogP contribution in [0.15, 0.2) is 22.7 Å². The van der Waals surface area contributed by atoms with Gasteiger partial charge in [-0.2, -0.15) is 0 Å². The minimum Gasteiger partial charge on any atom is -0.382 e. The lowest BCUT2D eigenvalue weighted by atomic mass is 10.3. The second-order valence-corrected chi connectivity index (χ2v) is 3.00. The molecule has 1 aromatic rings. The van der Waals surface area contributed by atoms with Gasteiger partial charge in [0.15, 0.2) is 0 Å². The van der Waals surface area contributed by atoms with Gasteiger partial charge in [0.1, 0.15) is 5.69 Å². The highest BCUT2D eigenvalue weighted by Gasteiger charge is 2.13. The molecule has 0 saturated heterocycles. The lowest BCUT2D eigenvalue weighted by molar-refractivity contribution is -0.384. The maximum atomic E-state index is 10.5. The number of para-hydroxylation sites is 1. The smallest absolute Gasteiger partial charge is 0.293 e. The van der Waals surface area contributed by atoms with E-state index in [0.717, 1.165) is 0 Å². The molecule has 0 saturated carbocycles. The van der Waals surface area contributed by atoms with Crippen molar-refractivity contribution < 1.29 is 4.92 Å². The number of rotatable bonds is 2. The molecule has 1 rings (SSSR count). The molecular weight excluding hydrogens is 224 g/mol. The van der Waals surface area contributed by atoms with Gasteiger partial charge in [0.25, 0.3) is 5.69 Å². The first-order valence-corrected chi connectivity index (χ1v) is 4.06. The van der Waals surface area contributed by atoms with Gasteiger partial charge < -0.3 is 5.32 Å². The summed E-state index contributed by atoms with van der Waals surface area (Å²) in [5.74, 6) is 0. The van der Waals surface area contributed by atoms with Crippen molar-refractivity contribution in [2.75, 3.05) is 12.4 Å². The van der Waals surface area contributed by atoms with Crippen molar-refractivity contribution in [1.29, 1.82) is 0 Å². The van der Waals surface area contributed by atoms with E-state index in [0.29, 0.717) is 10.2 Å². The van der Waals surface area contributed by atoms with Gasteiger partial charge in [0.2, 0.25) is 0 Å². The summed E-state index contributed by atoms with van der Waals surface area (Å²) < 4.78 is 0.694. The Morgan fingerprint density at radius 1 is 1.58 bits per heavy atom. The highest BCUT2D eigenvalue weighted by molar-refractivity contribution is 9.10. The van der Waals surface area contributed by atoms with Crippen LogP contribution in [0.5, 0.6) is 0 Å². The highest BCUT2D eigenvalue weighted by atomic mass is 79.9. The Morgan fingerprint density at radius 2 is 2.25 bits per heavy atom. The van der Waals surface area contributed by atoms with Gasteiger partial charge in [-0.05, 0) is 22.0 Å². The number of anilines is 1. The van der Waals surface area contributed by atoms with Crippen molar-refractivity contribution in [2.24, 2.45) is 0 Å². The van der Waals surface area contributed by atoms with Crippen LogP contribution in [0.3, 0.4) is 0 Å². The maximum absolute atomic E-state index is 10.5. The van der Waals surface area contributed by atoms with Crippen molar-refractivity contribution in [1.82, 2.24) is 0 Å². The van der Waals surface area contributed by atoms with Crippen LogP contribution in [-0.4, -0.2) is 12.0 Å². The topological polar surface area (TPSA) is 55.2 Å². The van der Waals surface area contributed by atoms with Crippen LogP contribution in [-0.2, 0) is 0 Å². The summed E-state index contributed by atoms with van der Waals surface area (Å²) in [6.45, 7) is 0. The molecule has 5 heteroatoms. The van der Waals surface area contributed by atoms with Crippen molar-refractivity contribution in [3.63, 3.8) is 0 Å². The Balaban J connectivity index is 3.27. The zero-order valence-corrected chi connectivity index (χ0v) is 7.96. The van der Waals surface area contributed by atoms with Gasteiger partial charge in [-0.3, -0.25) is 10.1 Å². The van der Waals surface area contributed by atoms with E-state index < -0.39 is 4.92 Å². The molecule has 0 aliphatic carbocycles. The molecule has 0 heterocycles. The average molecular weight is 231 g/mol. The fourth-order valence-electron chi connectivity index (χ4n) is 0.912. The van der Waals surface area contributed by atoms with E-state index in [1.54, 1.807) is 19.2 Å². The molecular formula is C7H7BrN2O2. The summed E-state index contributed by atoms with van der Waals surface area (Å²) in [5, 5.41) is 13.2. The van der Waals surface area contributed by atoms with Crippen LogP contribution >= 0.6 is 15.9 Å². The van der Waals surface area contributed by atoms with Gasteiger partial charge >= 0.3 is 0 Å². The third kappa shape index (κ3) is 1.55. The second-order valence-electron chi connectivity index (χ2n) is 2.14. The highest BCUT2D eigenvalue weighted by Crippen LogP contribution is 2.31. The van der Waals surface area contributed by atoms with Gasteiger partial charge in [-0.15, -0.1) is 0 Å². The molecule has 0 amide bonds. The number of nitro groups is 1. The monoisotopic (exact) mass is 230 g/mol. The van der Waals surface area contributed by atoms with Crippen LogP contribution < -0.4 is 5.32 Å². The summed E-state index contributed by atoms with van der Waals surface area (Å²) in [5.41, 5.74) is 0.578. The quantitative estimate of drug-likeness (QED) is 0.628. The molecule has 0 bridgehead atoms. The summed E-state index contributed by atoms with van der Waals surface area (Å²) in [6.07, 6.45) is 0. The fraction of sp³-hybridized carbons (Fsp3) is 0.143. The second kappa shape index (κ2) is 3.53. The molecule has 1 aromatic carbocycles. The largest absolute Gasteiger partial charge is 0.382 e. The molecule has 0 radical (unpaired) electrons. The molecule has 0 aliphatic heterocycles. The minimum absolute atomic E-state index is 0.0758. The zero-order valence-electron chi connectivity index (χ0n) is 6.37. The third-order valence-electron chi connectivity index (χ3n) is 1.44. The molecule has 12 heavy (non-hydrogen) atoms. The first-order chi connectivity index (χ1) is 5.66. The van der Waals surface area contributed by atoms with Crippen LogP contribution in [0.4, 0.5) is 11.4 Å². The molecule has 64 valence electrons. The summed E-state index contributed by atoms with van der Waals surface area (Å²) >= 11 is 3.21. The van der Waals surface area contributed by atoms with Crippen LogP contribution in [0.1, 0.15) is 0 Å². The minimum atomic E-state index is -0.420. The molecule has 0 fully saturated rings. The van der Waals surface area contributed by atoms with Crippen LogP contribution in [0.2, 0.25) is 0 Å². The number of nitrogens with zero attached hydrogens (tertiary/aromatic N) is 1. The van der Waals surface area contributed by atoms with E-state index in [1.165, 1.54) is 6.07 Å². The lowest BCUT2D eigenvalue weighted by Gasteiger charge is -2.02. The van der Waals surface area contributed by atoms with E-state index in [4.69, 9.17) is 0 Å². The molecule has 4 nitrogen and oxygen atoms in total. The molecule has 0 atom stereocenters. The van der Waals surface area contributed by atoms with E-state index in [-0.39, 0.29) is 5.69 Å². The number of hydrogen-bond donors (Lipinski definition) is 1. The Morgan fingerprint density at radius 3 is 2.67 bits per heavy atom. The van der Waals surface area contributed by atoms with E-state index in [9.17, 15) is 10.1 Å². The van der Waals surface area contributed by atoms with Gasteiger partial charge in [-0.25, -0.2) is 0 Å². The summed E-state index contributed by atoms with van der Waals surface area (Å²) in [7, 11) is 1.65. The lowest BCUT2D eigenvalue weighted by Crippen LogP contribution is -1.96. The van der Waals surface area contributed by atoms with Gasteiger partial charge in [-0.1, -0.05) is 6.07 Å². The summed E-state index contributed by atoms with van der Waals surface area (Å²) in [4.78, 5) is 10.1. The predicted octanol–water partition coefficient (Wildman–Crippen LogP) is 2.40. The maximum Gasteiger partial charge on any atom is 0.293 e. The Kier molecular flexibility index (Phi) is 2.65. The van der Waals surface area contributed by atoms with Crippen molar-refractivity contribution in [3.05, 3.63) is 32.8 Å². The van der Waals surface area contributed by atoms with Crippen LogP contribution in [0, 0.1) is 10.1 Å². The first-order valence-electron chi connectivity index (χ1n) is 3.27. The molecule has 0 spiro atoms. The van der Waals surface area contributed by atoms with Crippen molar-refractivity contribution >= 4 is 27.3 Å². The number of benzene rings is 1. The van der Waals surface area contributed by atoms with E-state index in [2.05, 4.69) is 21.2 Å².